The molecule has 8 heteroatoms. The summed E-state index contributed by atoms with van der Waals surface area (Å²) >= 11 is 0. The molecule has 1 heterocycles. The molecular weight excluding hydrogens is 332 g/mol. The van der Waals surface area contributed by atoms with Gasteiger partial charge in [0.25, 0.3) is 11.6 Å². The van der Waals surface area contributed by atoms with Crippen LogP contribution in [-0.4, -0.2) is 48.2 Å². The molecule has 1 fully saturated rings. The van der Waals surface area contributed by atoms with Gasteiger partial charge in [0, 0.05) is 29.8 Å². The van der Waals surface area contributed by atoms with Crippen LogP contribution in [0, 0.1) is 17.0 Å². The minimum Gasteiger partial charge on any atom is -0.335 e. The first-order chi connectivity index (χ1) is 11.2. The van der Waals surface area contributed by atoms with Gasteiger partial charge in [0.05, 0.1) is 16.4 Å². The second kappa shape index (κ2) is 7.29. The number of benzene rings is 1. The monoisotopic (exact) mass is 354 g/mol. The van der Waals surface area contributed by atoms with E-state index in [0.717, 1.165) is 12.8 Å². The lowest BCUT2D eigenvalue weighted by molar-refractivity contribution is -0.385. The van der Waals surface area contributed by atoms with Gasteiger partial charge >= 0.3 is 0 Å². The van der Waals surface area contributed by atoms with Crippen molar-refractivity contribution in [2.24, 2.45) is 0 Å². The van der Waals surface area contributed by atoms with Crippen LogP contribution < -0.4 is 0 Å². The van der Waals surface area contributed by atoms with Crippen LogP contribution >= 0.6 is 0 Å². The van der Waals surface area contributed by atoms with E-state index in [-0.39, 0.29) is 34.7 Å². The third-order valence-electron chi connectivity index (χ3n) is 4.32. The SMILES string of the molecule is CCCCN(C(=O)c1ccc(C)c([N+](=O)[O-])c1)[C@H]1CCS(=O)(=O)C1. The van der Waals surface area contributed by atoms with E-state index in [2.05, 4.69) is 0 Å². The molecule has 0 radical (unpaired) electrons. The summed E-state index contributed by atoms with van der Waals surface area (Å²) in [5.41, 5.74) is 0.614. The lowest BCUT2D eigenvalue weighted by atomic mass is 10.1. The first-order valence-electron chi connectivity index (χ1n) is 8.01. The average molecular weight is 354 g/mol. The highest BCUT2D eigenvalue weighted by Gasteiger charge is 2.35. The first kappa shape index (κ1) is 18.4. The Hall–Kier alpha value is -1.96. The minimum atomic E-state index is -3.11. The fraction of sp³-hybridized carbons (Fsp3) is 0.562. The Kier molecular flexibility index (Phi) is 5.58. The molecular formula is C16H22N2O5S. The molecule has 1 aliphatic heterocycles. The summed E-state index contributed by atoms with van der Waals surface area (Å²) in [7, 11) is -3.11. The van der Waals surface area contributed by atoms with E-state index in [4.69, 9.17) is 0 Å². The van der Waals surface area contributed by atoms with Crippen molar-refractivity contribution in [3.05, 3.63) is 39.4 Å². The Morgan fingerprint density at radius 3 is 2.67 bits per heavy atom. The Morgan fingerprint density at radius 1 is 1.42 bits per heavy atom. The molecule has 0 aromatic heterocycles. The van der Waals surface area contributed by atoms with Crippen molar-refractivity contribution < 1.29 is 18.1 Å². The molecule has 2 rings (SSSR count). The van der Waals surface area contributed by atoms with Gasteiger partial charge in [0.15, 0.2) is 9.84 Å². The third-order valence-corrected chi connectivity index (χ3v) is 6.07. The van der Waals surface area contributed by atoms with E-state index >= 15 is 0 Å². The first-order valence-corrected chi connectivity index (χ1v) is 9.83. The minimum absolute atomic E-state index is 0.0313. The Bertz CT molecular complexity index is 745. The number of carbonyl (C=O) groups is 1. The predicted octanol–water partition coefficient (Wildman–Crippen LogP) is 2.33. The standard InChI is InChI=1S/C16H22N2O5S/c1-3-4-8-17(14-7-9-24(22,23)11-14)16(19)13-6-5-12(2)15(10-13)18(20)21/h5-6,10,14H,3-4,7-9,11H2,1-2H3/t14-/m0/s1. The quantitative estimate of drug-likeness (QED) is 0.577. The zero-order valence-corrected chi connectivity index (χ0v) is 14.7. The van der Waals surface area contributed by atoms with Gasteiger partial charge in [-0.3, -0.25) is 14.9 Å². The zero-order chi connectivity index (χ0) is 17.9. The molecule has 1 aromatic carbocycles. The lowest BCUT2D eigenvalue weighted by Crippen LogP contribution is -2.41. The maximum Gasteiger partial charge on any atom is 0.273 e. The van der Waals surface area contributed by atoms with Crippen molar-refractivity contribution in [1.29, 1.82) is 0 Å². The van der Waals surface area contributed by atoms with E-state index in [0.29, 0.717) is 18.5 Å². The summed E-state index contributed by atoms with van der Waals surface area (Å²) in [6, 6.07) is 4.04. The van der Waals surface area contributed by atoms with Crippen molar-refractivity contribution in [3.63, 3.8) is 0 Å². The van der Waals surface area contributed by atoms with Crippen LogP contribution in [0.1, 0.15) is 42.1 Å². The lowest BCUT2D eigenvalue weighted by Gasteiger charge is -2.28. The Labute approximate surface area is 141 Å². The molecule has 1 amide bonds. The molecule has 0 bridgehead atoms. The highest BCUT2D eigenvalue weighted by Crippen LogP contribution is 2.24. The number of carbonyl (C=O) groups excluding carboxylic acids is 1. The van der Waals surface area contributed by atoms with E-state index in [1.807, 2.05) is 6.92 Å². The van der Waals surface area contributed by atoms with E-state index in [1.54, 1.807) is 24.0 Å². The second-order valence-corrected chi connectivity index (χ2v) is 8.40. The summed E-state index contributed by atoms with van der Waals surface area (Å²) in [6.45, 7) is 4.06. The Morgan fingerprint density at radius 2 is 2.12 bits per heavy atom. The smallest absolute Gasteiger partial charge is 0.273 e. The molecule has 0 unspecified atom stereocenters. The van der Waals surface area contributed by atoms with Crippen LogP contribution in [0.15, 0.2) is 18.2 Å². The maximum atomic E-state index is 12.8. The van der Waals surface area contributed by atoms with Crippen molar-refractivity contribution in [1.82, 2.24) is 4.90 Å². The van der Waals surface area contributed by atoms with Crippen molar-refractivity contribution in [2.75, 3.05) is 18.1 Å². The highest BCUT2D eigenvalue weighted by molar-refractivity contribution is 7.91. The average Bonchev–Trinajstić information content (AvgIpc) is 2.87. The number of nitro groups is 1. The van der Waals surface area contributed by atoms with Crippen LogP contribution in [0.4, 0.5) is 5.69 Å². The number of unbranched alkanes of at least 4 members (excludes halogenated alkanes) is 1. The predicted molar refractivity (Wildman–Crippen MR) is 90.8 cm³/mol. The van der Waals surface area contributed by atoms with Gasteiger partial charge in [-0.15, -0.1) is 0 Å². The third kappa shape index (κ3) is 4.11. The number of rotatable bonds is 6. The number of sulfone groups is 1. The van der Waals surface area contributed by atoms with E-state index < -0.39 is 14.8 Å². The maximum absolute atomic E-state index is 12.8. The number of nitro benzene ring substituents is 1. The molecule has 24 heavy (non-hydrogen) atoms. The van der Waals surface area contributed by atoms with Gasteiger partial charge < -0.3 is 4.90 Å². The number of hydrogen-bond donors (Lipinski definition) is 0. The van der Waals surface area contributed by atoms with E-state index in [9.17, 15) is 23.3 Å². The van der Waals surface area contributed by atoms with Crippen molar-refractivity contribution >= 4 is 21.4 Å². The Balaban J connectivity index is 2.31. The van der Waals surface area contributed by atoms with Crippen molar-refractivity contribution in [3.8, 4) is 0 Å². The normalized spacial score (nSPS) is 19.2. The summed E-state index contributed by atoms with van der Waals surface area (Å²) in [4.78, 5) is 25.0. The molecule has 0 saturated carbocycles. The van der Waals surface area contributed by atoms with Crippen LogP contribution in [0.5, 0.6) is 0 Å². The van der Waals surface area contributed by atoms with Crippen molar-refractivity contribution in [2.45, 2.75) is 39.2 Å². The van der Waals surface area contributed by atoms with Crippen LogP contribution in [0.3, 0.4) is 0 Å². The van der Waals surface area contributed by atoms with Gasteiger partial charge in [0.1, 0.15) is 0 Å². The van der Waals surface area contributed by atoms with Gasteiger partial charge in [-0.1, -0.05) is 19.4 Å². The van der Waals surface area contributed by atoms with E-state index in [1.165, 1.54) is 6.07 Å². The number of hydrogen-bond acceptors (Lipinski definition) is 5. The fourth-order valence-corrected chi connectivity index (χ4v) is 4.64. The number of amides is 1. The topological polar surface area (TPSA) is 97.6 Å². The molecule has 7 nitrogen and oxygen atoms in total. The molecule has 1 aromatic rings. The molecule has 0 spiro atoms. The van der Waals surface area contributed by atoms with Crippen LogP contribution in [-0.2, 0) is 9.84 Å². The second-order valence-electron chi connectivity index (χ2n) is 6.17. The fourth-order valence-electron chi connectivity index (χ4n) is 2.90. The molecule has 132 valence electrons. The molecule has 1 aliphatic rings. The van der Waals surface area contributed by atoms with Crippen LogP contribution in [0.2, 0.25) is 0 Å². The van der Waals surface area contributed by atoms with Gasteiger partial charge in [-0.2, -0.15) is 0 Å². The van der Waals surface area contributed by atoms with Gasteiger partial charge in [-0.05, 0) is 25.8 Å². The largest absolute Gasteiger partial charge is 0.335 e. The number of nitrogens with zero attached hydrogens (tertiary/aromatic N) is 2. The summed E-state index contributed by atoms with van der Waals surface area (Å²) in [5, 5.41) is 11.1. The highest BCUT2D eigenvalue weighted by atomic mass is 32.2. The molecule has 1 atom stereocenters. The molecule has 0 N–H and O–H groups in total. The van der Waals surface area contributed by atoms with Gasteiger partial charge in [-0.25, -0.2) is 8.42 Å². The summed E-state index contributed by atoms with van der Waals surface area (Å²) in [6.07, 6.45) is 2.05. The van der Waals surface area contributed by atoms with Gasteiger partial charge in [0.2, 0.25) is 0 Å². The molecule has 1 saturated heterocycles. The number of aryl methyl sites for hydroxylation is 1. The summed E-state index contributed by atoms with van der Waals surface area (Å²) < 4.78 is 23.5. The zero-order valence-electron chi connectivity index (χ0n) is 13.9. The summed E-state index contributed by atoms with van der Waals surface area (Å²) in [5.74, 6) is -0.286. The molecule has 0 aliphatic carbocycles. The van der Waals surface area contributed by atoms with Crippen LogP contribution in [0.25, 0.3) is 0 Å².